The topological polar surface area (TPSA) is 96.7 Å². The van der Waals surface area contributed by atoms with E-state index in [0.717, 1.165) is 11.8 Å². The molecule has 0 aliphatic rings. The molecule has 2 N–H and O–H groups in total. The maximum atomic E-state index is 11.2. The molecule has 0 spiro atoms. The van der Waals surface area contributed by atoms with Crippen LogP contribution in [-0.2, 0) is 20.7 Å². The standard InChI is InChI=1S/C12H11NO5S.2C2H6/c1-18-12(10(14)15,11(16)17)6-9-13-7-4-2-3-5-8(7)19-9;2*1-2/h2-5H,6H2,1H3,(H,14,15)(H,16,17);2*1-2H3. The normalized spacial score (nSPS) is 10.1. The largest absolute Gasteiger partial charge is 0.479 e. The Kier molecular flexibility index (Phi) is 9.05. The molecule has 1 heterocycles. The van der Waals surface area contributed by atoms with Crippen LogP contribution in [0.5, 0.6) is 0 Å². The SMILES string of the molecule is CC.CC.COC(Cc1nc2ccccc2s1)(C(=O)O)C(=O)O. The molecule has 0 saturated carbocycles. The number of hydrogen-bond donors (Lipinski definition) is 2. The van der Waals surface area contributed by atoms with Gasteiger partial charge in [-0.05, 0) is 12.1 Å². The van der Waals surface area contributed by atoms with Crippen LogP contribution in [0.2, 0.25) is 0 Å². The maximum absolute atomic E-state index is 11.2. The van der Waals surface area contributed by atoms with Crippen molar-refractivity contribution in [1.82, 2.24) is 4.98 Å². The number of carbonyl (C=O) groups is 2. The molecule has 23 heavy (non-hydrogen) atoms. The summed E-state index contributed by atoms with van der Waals surface area (Å²) in [5.74, 6) is -3.08. The number of rotatable bonds is 5. The lowest BCUT2D eigenvalue weighted by Gasteiger charge is -2.21. The number of fused-ring (bicyclic) bond motifs is 1. The van der Waals surface area contributed by atoms with Crippen molar-refractivity contribution >= 4 is 33.5 Å². The fraction of sp³-hybridized carbons (Fsp3) is 0.438. The number of methoxy groups -OCH3 is 1. The van der Waals surface area contributed by atoms with Crippen LogP contribution in [0.1, 0.15) is 32.7 Å². The third-order valence-electron chi connectivity index (χ3n) is 2.78. The second-order valence-electron chi connectivity index (χ2n) is 3.89. The molecule has 7 heteroatoms. The van der Waals surface area contributed by atoms with Gasteiger partial charge < -0.3 is 14.9 Å². The highest BCUT2D eigenvalue weighted by Crippen LogP contribution is 2.26. The Morgan fingerprint density at radius 2 is 1.65 bits per heavy atom. The molecule has 6 nitrogen and oxygen atoms in total. The zero-order valence-corrected chi connectivity index (χ0v) is 14.8. The monoisotopic (exact) mass is 341 g/mol. The second-order valence-corrected chi connectivity index (χ2v) is 5.01. The first-order valence-corrected chi connectivity index (χ1v) is 8.17. The molecule has 0 aliphatic carbocycles. The zero-order chi connectivity index (χ0) is 18.0. The molecule has 0 bridgehead atoms. The van der Waals surface area contributed by atoms with Crippen molar-refractivity contribution in [3.8, 4) is 0 Å². The van der Waals surface area contributed by atoms with Crippen LogP contribution < -0.4 is 0 Å². The lowest BCUT2D eigenvalue weighted by Crippen LogP contribution is -2.50. The molecule has 1 aromatic carbocycles. The number of para-hydroxylation sites is 1. The second kappa shape index (κ2) is 9.91. The summed E-state index contributed by atoms with van der Waals surface area (Å²) in [7, 11) is 1.07. The predicted molar refractivity (Wildman–Crippen MR) is 91.0 cm³/mol. The molecule has 0 fully saturated rings. The number of ether oxygens (including phenoxy) is 1. The fourth-order valence-electron chi connectivity index (χ4n) is 1.70. The van der Waals surface area contributed by atoms with Gasteiger partial charge in [0.25, 0.3) is 5.60 Å². The van der Waals surface area contributed by atoms with E-state index < -0.39 is 17.5 Å². The number of nitrogens with zero attached hydrogens (tertiary/aromatic N) is 1. The van der Waals surface area contributed by atoms with Gasteiger partial charge in [0.15, 0.2) is 0 Å². The molecule has 1 aromatic heterocycles. The summed E-state index contributed by atoms with van der Waals surface area (Å²) in [6.07, 6.45) is -0.312. The van der Waals surface area contributed by atoms with Gasteiger partial charge in [0, 0.05) is 7.11 Å². The molecule has 0 amide bonds. The van der Waals surface area contributed by atoms with Crippen LogP contribution in [0.15, 0.2) is 24.3 Å². The van der Waals surface area contributed by atoms with E-state index in [4.69, 9.17) is 14.9 Å². The van der Waals surface area contributed by atoms with Crippen molar-refractivity contribution in [2.24, 2.45) is 0 Å². The number of carboxylic acid groups (broad SMARTS) is 2. The number of aliphatic carboxylic acids is 2. The van der Waals surface area contributed by atoms with Crippen molar-refractivity contribution in [2.45, 2.75) is 39.7 Å². The molecule has 128 valence electrons. The van der Waals surface area contributed by atoms with Gasteiger partial charge in [-0.1, -0.05) is 39.8 Å². The van der Waals surface area contributed by atoms with Gasteiger partial charge >= 0.3 is 11.9 Å². The molecule has 2 aromatic rings. The fourth-order valence-corrected chi connectivity index (χ4v) is 2.74. The Labute approximate surface area is 139 Å². The molecule has 0 atom stereocenters. The summed E-state index contributed by atoms with van der Waals surface area (Å²) in [6.45, 7) is 8.00. The van der Waals surface area contributed by atoms with Gasteiger partial charge in [0.05, 0.1) is 21.6 Å². The van der Waals surface area contributed by atoms with Crippen LogP contribution in [0.25, 0.3) is 10.2 Å². The Bertz CT molecular complexity index is 591. The summed E-state index contributed by atoms with van der Waals surface area (Å²) in [4.78, 5) is 26.6. The number of aromatic nitrogens is 1. The first-order chi connectivity index (χ1) is 11.0. The van der Waals surface area contributed by atoms with E-state index in [2.05, 4.69) is 4.98 Å². The van der Waals surface area contributed by atoms with Crippen molar-refractivity contribution in [3.63, 3.8) is 0 Å². The van der Waals surface area contributed by atoms with Gasteiger partial charge in [0.2, 0.25) is 0 Å². The summed E-state index contributed by atoms with van der Waals surface area (Å²) in [5.41, 5.74) is -1.59. The van der Waals surface area contributed by atoms with E-state index >= 15 is 0 Å². The predicted octanol–water partition coefficient (Wildman–Crippen LogP) is 3.45. The summed E-state index contributed by atoms with van der Waals surface area (Å²) in [5, 5.41) is 18.6. The van der Waals surface area contributed by atoms with Crippen LogP contribution >= 0.6 is 11.3 Å². The summed E-state index contributed by atoms with van der Waals surface area (Å²) in [6, 6.07) is 7.27. The molecular weight excluding hydrogens is 318 g/mol. The van der Waals surface area contributed by atoms with Crippen molar-refractivity contribution < 1.29 is 24.5 Å². The summed E-state index contributed by atoms with van der Waals surface area (Å²) < 4.78 is 5.60. The highest BCUT2D eigenvalue weighted by molar-refractivity contribution is 7.18. The lowest BCUT2D eigenvalue weighted by atomic mass is 10.0. The number of carboxylic acids is 2. The quantitative estimate of drug-likeness (QED) is 0.809. The number of thiazole rings is 1. The average Bonchev–Trinajstić information content (AvgIpc) is 2.98. The van der Waals surface area contributed by atoms with Gasteiger partial charge in [-0.25, -0.2) is 14.6 Å². The maximum Gasteiger partial charge on any atom is 0.348 e. The van der Waals surface area contributed by atoms with Gasteiger partial charge in [-0.2, -0.15) is 0 Å². The van der Waals surface area contributed by atoms with E-state index in [-0.39, 0.29) is 6.42 Å². The number of hydrogen-bond acceptors (Lipinski definition) is 5. The first-order valence-electron chi connectivity index (χ1n) is 7.36. The number of benzene rings is 1. The molecule has 0 radical (unpaired) electrons. The molecule has 0 saturated heterocycles. The van der Waals surface area contributed by atoms with Crippen molar-refractivity contribution in [1.29, 1.82) is 0 Å². The minimum atomic E-state index is -2.30. The summed E-state index contributed by atoms with van der Waals surface area (Å²) >= 11 is 1.26. The smallest absolute Gasteiger partial charge is 0.348 e. The molecular formula is C16H23NO5S. The Balaban J connectivity index is 0.00000112. The Hall–Kier alpha value is -1.99. The van der Waals surface area contributed by atoms with E-state index in [0.29, 0.717) is 10.5 Å². The molecule has 2 rings (SSSR count). The van der Waals surface area contributed by atoms with Gasteiger partial charge in [0.1, 0.15) is 0 Å². The Morgan fingerprint density at radius 3 is 2.09 bits per heavy atom. The molecule has 0 aliphatic heterocycles. The van der Waals surface area contributed by atoms with Crippen molar-refractivity contribution in [3.05, 3.63) is 29.3 Å². The minimum absolute atomic E-state index is 0.312. The van der Waals surface area contributed by atoms with E-state index in [9.17, 15) is 9.59 Å². The van der Waals surface area contributed by atoms with E-state index in [1.54, 1.807) is 6.07 Å². The van der Waals surface area contributed by atoms with E-state index in [1.165, 1.54) is 11.3 Å². The average molecular weight is 341 g/mol. The van der Waals surface area contributed by atoms with Crippen molar-refractivity contribution in [2.75, 3.05) is 7.11 Å². The van der Waals surface area contributed by atoms with Gasteiger partial charge in [-0.3, -0.25) is 0 Å². The zero-order valence-electron chi connectivity index (χ0n) is 14.0. The van der Waals surface area contributed by atoms with Crippen LogP contribution in [0, 0.1) is 0 Å². The molecule has 0 unspecified atom stereocenters. The highest BCUT2D eigenvalue weighted by atomic mass is 32.1. The van der Waals surface area contributed by atoms with Gasteiger partial charge in [-0.15, -0.1) is 11.3 Å². The van der Waals surface area contributed by atoms with Crippen LogP contribution in [0.4, 0.5) is 0 Å². The highest BCUT2D eigenvalue weighted by Gasteiger charge is 2.48. The van der Waals surface area contributed by atoms with Crippen LogP contribution in [-0.4, -0.2) is 39.8 Å². The van der Waals surface area contributed by atoms with Crippen LogP contribution in [0.3, 0.4) is 0 Å². The lowest BCUT2D eigenvalue weighted by molar-refractivity contribution is -0.179. The third-order valence-corrected chi connectivity index (χ3v) is 3.81. The third kappa shape index (κ3) is 4.74. The minimum Gasteiger partial charge on any atom is -0.479 e. The Morgan fingerprint density at radius 1 is 1.13 bits per heavy atom. The first kappa shape index (κ1) is 21.0. The van der Waals surface area contributed by atoms with E-state index in [1.807, 2.05) is 45.9 Å².